The minimum Gasteiger partial charge on any atom is -0.479 e. The van der Waals surface area contributed by atoms with Crippen molar-refractivity contribution in [2.24, 2.45) is 0 Å². The smallest absolute Gasteiger partial charge is 0.333 e. The highest BCUT2D eigenvalue weighted by Gasteiger charge is 2.21. The van der Waals surface area contributed by atoms with Gasteiger partial charge in [0.05, 0.1) is 6.42 Å². The number of ketones is 1. The molecule has 2 unspecified atom stereocenters. The number of aliphatic carboxylic acids is 1. The molecule has 0 aliphatic rings. The van der Waals surface area contributed by atoms with Gasteiger partial charge in [-0.05, 0) is 13.8 Å². The Morgan fingerprint density at radius 3 is 2.21 bits per heavy atom. The van der Waals surface area contributed by atoms with Crippen LogP contribution in [0.3, 0.4) is 0 Å². The molecule has 0 bridgehead atoms. The van der Waals surface area contributed by atoms with Crippen molar-refractivity contribution in [3.05, 3.63) is 0 Å². The Labute approximate surface area is 80.5 Å². The summed E-state index contributed by atoms with van der Waals surface area (Å²) in [4.78, 5) is 31.6. The number of hydrogen-bond acceptors (Lipinski definition) is 5. The van der Waals surface area contributed by atoms with E-state index in [0.29, 0.717) is 0 Å². The monoisotopic (exact) mass is 204 g/mol. The van der Waals surface area contributed by atoms with E-state index in [4.69, 9.17) is 10.2 Å². The van der Waals surface area contributed by atoms with Crippen LogP contribution in [0.5, 0.6) is 0 Å². The third-order valence-electron chi connectivity index (χ3n) is 1.53. The third kappa shape index (κ3) is 4.56. The molecular weight excluding hydrogens is 192 g/mol. The first-order valence-electron chi connectivity index (χ1n) is 3.95. The molecule has 0 aliphatic carbocycles. The number of aliphatic hydroxyl groups excluding tert-OH is 1. The predicted molar refractivity (Wildman–Crippen MR) is 44.5 cm³/mol. The zero-order chi connectivity index (χ0) is 11.3. The standard InChI is InChI=1S/C8H12O6/c1-4(9)5(2)14-7(11)3-6(10)8(12)13/h5-6,10H,3H2,1-2H3,(H,12,13). The van der Waals surface area contributed by atoms with Crippen molar-refractivity contribution in [1.82, 2.24) is 0 Å². The Hall–Kier alpha value is -1.43. The molecule has 0 aromatic rings. The zero-order valence-electron chi connectivity index (χ0n) is 7.89. The number of hydrogen-bond donors (Lipinski definition) is 2. The summed E-state index contributed by atoms with van der Waals surface area (Å²) >= 11 is 0. The van der Waals surface area contributed by atoms with Crippen LogP contribution in [-0.2, 0) is 19.1 Å². The first-order valence-corrected chi connectivity index (χ1v) is 3.95. The van der Waals surface area contributed by atoms with Gasteiger partial charge in [0.2, 0.25) is 0 Å². The molecule has 0 saturated heterocycles. The van der Waals surface area contributed by atoms with Gasteiger partial charge in [0.15, 0.2) is 18.0 Å². The topological polar surface area (TPSA) is 101 Å². The lowest BCUT2D eigenvalue weighted by atomic mass is 10.2. The van der Waals surface area contributed by atoms with E-state index in [9.17, 15) is 14.4 Å². The molecule has 2 atom stereocenters. The van der Waals surface area contributed by atoms with Crippen LogP contribution >= 0.6 is 0 Å². The maximum atomic E-state index is 10.9. The molecule has 2 N–H and O–H groups in total. The molecule has 6 nitrogen and oxygen atoms in total. The molecule has 0 aromatic heterocycles. The average molecular weight is 204 g/mol. The number of carbonyl (C=O) groups is 3. The van der Waals surface area contributed by atoms with Gasteiger partial charge < -0.3 is 14.9 Å². The molecule has 6 heteroatoms. The van der Waals surface area contributed by atoms with E-state index >= 15 is 0 Å². The number of aliphatic hydroxyl groups is 1. The van der Waals surface area contributed by atoms with Crippen LogP contribution in [0, 0.1) is 0 Å². The quantitative estimate of drug-likeness (QED) is 0.576. The molecule has 80 valence electrons. The second-order valence-corrected chi connectivity index (χ2v) is 2.80. The molecule has 0 aromatic carbocycles. The van der Waals surface area contributed by atoms with E-state index in [1.807, 2.05) is 0 Å². The Bertz CT molecular complexity index is 222. The van der Waals surface area contributed by atoms with Crippen molar-refractivity contribution in [2.45, 2.75) is 32.5 Å². The number of rotatable bonds is 5. The van der Waals surface area contributed by atoms with Gasteiger partial charge in [0.25, 0.3) is 0 Å². The summed E-state index contributed by atoms with van der Waals surface area (Å²) in [5, 5.41) is 17.0. The highest BCUT2D eigenvalue weighted by molar-refractivity contribution is 5.85. The lowest BCUT2D eigenvalue weighted by Gasteiger charge is -2.10. The second kappa shape index (κ2) is 5.33. The van der Waals surface area contributed by atoms with Gasteiger partial charge in [-0.3, -0.25) is 9.59 Å². The normalized spacial score (nSPS) is 14.2. The van der Waals surface area contributed by atoms with Crippen molar-refractivity contribution in [3.63, 3.8) is 0 Å². The molecule has 0 spiro atoms. The van der Waals surface area contributed by atoms with Crippen molar-refractivity contribution < 1.29 is 29.3 Å². The van der Waals surface area contributed by atoms with E-state index in [-0.39, 0.29) is 5.78 Å². The van der Waals surface area contributed by atoms with E-state index in [1.165, 1.54) is 13.8 Å². The van der Waals surface area contributed by atoms with Crippen molar-refractivity contribution >= 4 is 17.7 Å². The summed E-state index contributed by atoms with van der Waals surface area (Å²) in [5.41, 5.74) is 0. The van der Waals surface area contributed by atoms with Gasteiger partial charge >= 0.3 is 11.9 Å². The SMILES string of the molecule is CC(=O)C(C)OC(=O)CC(O)C(=O)O. The van der Waals surface area contributed by atoms with Crippen LogP contribution in [0.2, 0.25) is 0 Å². The number of carboxylic acids is 1. The largest absolute Gasteiger partial charge is 0.479 e. The minimum atomic E-state index is -1.79. The fraction of sp³-hybridized carbons (Fsp3) is 0.625. The molecule has 14 heavy (non-hydrogen) atoms. The first kappa shape index (κ1) is 12.6. The van der Waals surface area contributed by atoms with Crippen LogP contribution in [0.1, 0.15) is 20.3 Å². The summed E-state index contributed by atoms with van der Waals surface area (Å²) in [6.45, 7) is 2.61. The van der Waals surface area contributed by atoms with Crippen LogP contribution < -0.4 is 0 Å². The van der Waals surface area contributed by atoms with Gasteiger partial charge in [-0.1, -0.05) is 0 Å². The molecule has 0 fully saturated rings. The molecular formula is C8H12O6. The summed E-state index contributed by atoms with van der Waals surface area (Å²) < 4.78 is 4.52. The molecule has 0 saturated carbocycles. The van der Waals surface area contributed by atoms with Crippen molar-refractivity contribution in [1.29, 1.82) is 0 Å². The summed E-state index contributed by atoms with van der Waals surface area (Å²) in [6, 6.07) is 0. The number of Topliss-reactive ketones (excluding diaryl/α,β-unsaturated/α-hetero) is 1. The average Bonchev–Trinajstić information content (AvgIpc) is 2.03. The molecule has 0 heterocycles. The second-order valence-electron chi connectivity index (χ2n) is 2.80. The Morgan fingerprint density at radius 2 is 1.86 bits per heavy atom. The van der Waals surface area contributed by atoms with Gasteiger partial charge in [0, 0.05) is 0 Å². The fourth-order valence-corrected chi connectivity index (χ4v) is 0.573. The van der Waals surface area contributed by atoms with Crippen LogP contribution in [0.4, 0.5) is 0 Å². The van der Waals surface area contributed by atoms with E-state index in [0.717, 1.165) is 0 Å². The van der Waals surface area contributed by atoms with Crippen LogP contribution in [0.25, 0.3) is 0 Å². The number of esters is 1. The Morgan fingerprint density at radius 1 is 1.36 bits per heavy atom. The van der Waals surface area contributed by atoms with Gasteiger partial charge in [-0.25, -0.2) is 4.79 Å². The lowest BCUT2D eigenvalue weighted by Crippen LogP contribution is -2.28. The molecule has 0 rings (SSSR count). The maximum Gasteiger partial charge on any atom is 0.333 e. The van der Waals surface area contributed by atoms with Crippen LogP contribution in [0.15, 0.2) is 0 Å². The lowest BCUT2D eigenvalue weighted by molar-refractivity contribution is -0.160. The van der Waals surface area contributed by atoms with Crippen molar-refractivity contribution in [2.75, 3.05) is 0 Å². The summed E-state index contributed by atoms with van der Waals surface area (Å²) in [5.74, 6) is -2.76. The van der Waals surface area contributed by atoms with Crippen molar-refractivity contribution in [3.8, 4) is 0 Å². The first-order chi connectivity index (χ1) is 6.34. The maximum absolute atomic E-state index is 10.9. The zero-order valence-corrected chi connectivity index (χ0v) is 7.89. The Balaban J connectivity index is 3.99. The Kier molecular flexibility index (Phi) is 4.79. The number of ether oxygens (including phenoxy) is 1. The van der Waals surface area contributed by atoms with Gasteiger partial charge in [-0.2, -0.15) is 0 Å². The minimum absolute atomic E-state index is 0.344. The third-order valence-corrected chi connectivity index (χ3v) is 1.53. The molecule has 0 amide bonds. The van der Waals surface area contributed by atoms with Gasteiger partial charge in [-0.15, -0.1) is 0 Å². The van der Waals surface area contributed by atoms with E-state index < -0.39 is 30.6 Å². The summed E-state index contributed by atoms with van der Waals surface area (Å²) in [7, 11) is 0. The molecule has 0 radical (unpaired) electrons. The van der Waals surface area contributed by atoms with Crippen LogP contribution in [-0.4, -0.2) is 40.1 Å². The molecule has 0 aliphatic heterocycles. The highest BCUT2D eigenvalue weighted by Crippen LogP contribution is 1.99. The van der Waals surface area contributed by atoms with E-state index in [1.54, 1.807) is 0 Å². The number of carboxylic acid groups (broad SMARTS) is 1. The number of carbonyl (C=O) groups excluding carboxylic acids is 2. The summed E-state index contributed by atoms with van der Waals surface area (Å²) in [6.07, 6.45) is -3.36. The van der Waals surface area contributed by atoms with E-state index in [2.05, 4.69) is 4.74 Å². The highest BCUT2D eigenvalue weighted by atomic mass is 16.5. The predicted octanol–water partition coefficient (Wildman–Crippen LogP) is -0.657. The fourth-order valence-electron chi connectivity index (χ4n) is 0.573. The van der Waals surface area contributed by atoms with Gasteiger partial charge in [0.1, 0.15) is 0 Å².